The van der Waals surface area contributed by atoms with Gasteiger partial charge < -0.3 is 5.73 Å². The molecule has 0 aliphatic rings. The normalized spacial score (nSPS) is 10.9. The molecular formula is C11H9FN4S. The quantitative estimate of drug-likeness (QED) is 0.481. The number of halogens is 1. The summed E-state index contributed by atoms with van der Waals surface area (Å²) in [6.45, 7) is 0. The molecule has 0 amide bonds. The van der Waals surface area contributed by atoms with Crippen LogP contribution in [0.5, 0.6) is 0 Å². The summed E-state index contributed by atoms with van der Waals surface area (Å²) >= 11 is 4.59. The van der Waals surface area contributed by atoms with E-state index in [-0.39, 0.29) is 10.9 Å². The summed E-state index contributed by atoms with van der Waals surface area (Å²) in [5.74, 6) is -0.340. The van der Waals surface area contributed by atoms with Gasteiger partial charge in [0.2, 0.25) is 0 Å². The number of hydrazone groups is 1. The second kappa shape index (κ2) is 4.84. The van der Waals surface area contributed by atoms with Gasteiger partial charge in [-0.3, -0.25) is 10.4 Å². The van der Waals surface area contributed by atoms with Gasteiger partial charge in [0.05, 0.1) is 11.9 Å². The fourth-order valence-corrected chi connectivity index (χ4v) is 1.52. The molecule has 1 aromatic heterocycles. The van der Waals surface area contributed by atoms with Gasteiger partial charge in [-0.2, -0.15) is 5.10 Å². The number of benzene rings is 1. The lowest BCUT2D eigenvalue weighted by Gasteiger charge is -2.02. The lowest BCUT2D eigenvalue weighted by molar-refractivity contribution is 0.639. The molecule has 0 radical (unpaired) electrons. The van der Waals surface area contributed by atoms with Crippen LogP contribution in [0.15, 0.2) is 35.6 Å². The number of pyridine rings is 1. The Morgan fingerprint density at radius 2 is 2.29 bits per heavy atom. The summed E-state index contributed by atoms with van der Waals surface area (Å²) in [6, 6.07) is 6.56. The minimum Gasteiger partial charge on any atom is -0.375 e. The van der Waals surface area contributed by atoms with E-state index in [9.17, 15) is 4.39 Å². The number of thiocarbonyl (C=S) groups is 1. The highest BCUT2D eigenvalue weighted by Crippen LogP contribution is 2.18. The first-order chi connectivity index (χ1) is 8.18. The zero-order chi connectivity index (χ0) is 12.3. The predicted octanol–water partition coefficient (Wildman–Crippen LogP) is 1.54. The molecule has 2 aromatic rings. The summed E-state index contributed by atoms with van der Waals surface area (Å²) < 4.78 is 13.7. The van der Waals surface area contributed by atoms with Crippen molar-refractivity contribution in [1.29, 1.82) is 0 Å². The molecule has 0 saturated heterocycles. The standard InChI is InChI=1S/C11H9FN4S/c12-8-3-1-2-7-4-5-14-9(10(7)8)6-15-16-11(13)17/h1-6H,(H3,13,16,17). The maximum Gasteiger partial charge on any atom is 0.184 e. The predicted molar refractivity (Wildman–Crippen MR) is 69.2 cm³/mol. The summed E-state index contributed by atoms with van der Waals surface area (Å²) in [6.07, 6.45) is 2.97. The number of nitrogens with two attached hydrogens (primary N) is 1. The van der Waals surface area contributed by atoms with Crippen LogP contribution in [-0.2, 0) is 0 Å². The van der Waals surface area contributed by atoms with E-state index in [0.29, 0.717) is 11.1 Å². The number of fused-ring (bicyclic) bond motifs is 1. The second-order valence-corrected chi connectivity index (χ2v) is 3.71. The number of nitrogens with one attached hydrogen (secondary N) is 1. The molecule has 0 unspecified atom stereocenters. The minimum atomic E-state index is -0.340. The van der Waals surface area contributed by atoms with Gasteiger partial charge in [-0.15, -0.1) is 0 Å². The average Bonchev–Trinajstić information content (AvgIpc) is 2.29. The van der Waals surface area contributed by atoms with E-state index >= 15 is 0 Å². The first-order valence-corrected chi connectivity index (χ1v) is 5.21. The van der Waals surface area contributed by atoms with E-state index in [0.717, 1.165) is 5.39 Å². The van der Waals surface area contributed by atoms with Crippen LogP contribution in [0.2, 0.25) is 0 Å². The van der Waals surface area contributed by atoms with Gasteiger partial charge in [0.25, 0.3) is 0 Å². The van der Waals surface area contributed by atoms with Crippen LogP contribution in [0.25, 0.3) is 10.8 Å². The van der Waals surface area contributed by atoms with Crippen LogP contribution in [0, 0.1) is 5.82 Å². The third-order valence-corrected chi connectivity index (χ3v) is 2.22. The molecule has 0 atom stereocenters. The van der Waals surface area contributed by atoms with Crippen molar-refractivity contribution in [2.24, 2.45) is 10.8 Å². The smallest absolute Gasteiger partial charge is 0.184 e. The molecule has 4 nitrogen and oxygen atoms in total. The largest absolute Gasteiger partial charge is 0.375 e. The lowest BCUT2D eigenvalue weighted by atomic mass is 10.1. The van der Waals surface area contributed by atoms with E-state index in [2.05, 4.69) is 27.7 Å². The van der Waals surface area contributed by atoms with Gasteiger partial charge in [0.15, 0.2) is 5.11 Å². The van der Waals surface area contributed by atoms with E-state index < -0.39 is 0 Å². The van der Waals surface area contributed by atoms with Gasteiger partial charge in [-0.05, 0) is 29.7 Å². The third-order valence-electron chi connectivity index (χ3n) is 2.13. The highest BCUT2D eigenvalue weighted by atomic mass is 32.1. The van der Waals surface area contributed by atoms with Gasteiger partial charge in [0.1, 0.15) is 5.82 Å². The van der Waals surface area contributed by atoms with Gasteiger partial charge in [-0.1, -0.05) is 12.1 Å². The van der Waals surface area contributed by atoms with Crippen LogP contribution in [-0.4, -0.2) is 16.3 Å². The van der Waals surface area contributed by atoms with Gasteiger partial charge in [-0.25, -0.2) is 4.39 Å². The molecule has 1 heterocycles. The minimum absolute atomic E-state index is 0.0435. The zero-order valence-corrected chi connectivity index (χ0v) is 9.54. The molecule has 0 saturated carbocycles. The molecule has 0 aliphatic heterocycles. The Balaban J connectivity index is 2.47. The molecule has 17 heavy (non-hydrogen) atoms. The Labute approximate surface area is 102 Å². The van der Waals surface area contributed by atoms with Crippen LogP contribution in [0.3, 0.4) is 0 Å². The fourth-order valence-electron chi connectivity index (χ4n) is 1.47. The third kappa shape index (κ3) is 2.54. The molecule has 86 valence electrons. The summed E-state index contributed by atoms with van der Waals surface area (Å²) in [5.41, 5.74) is 8.03. The van der Waals surface area contributed by atoms with Crippen molar-refractivity contribution >= 4 is 34.3 Å². The fraction of sp³-hybridized carbons (Fsp3) is 0. The van der Waals surface area contributed by atoms with Crippen molar-refractivity contribution in [3.05, 3.63) is 42.0 Å². The number of hydrogen-bond acceptors (Lipinski definition) is 3. The highest BCUT2D eigenvalue weighted by Gasteiger charge is 2.05. The Hall–Kier alpha value is -2.08. The molecule has 1 aromatic carbocycles. The molecule has 0 fully saturated rings. The lowest BCUT2D eigenvalue weighted by Crippen LogP contribution is -2.24. The van der Waals surface area contributed by atoms with E-state index in [1.54, 1.807) is 24.4 Å². The molecule has 0 bridgehead atoms. The van der Waals surface area contributed by atoms with Crippen molar-refractivity contribution in [2.45, 2.75) is 0 Å². The highest BCUT2D eigenvalue weighted by molar-refractivity contribution is 7.80. The van der Waals surface area contributed by atoms with Gasteiger partial charge in [0, 0.05) is 11.6 Å². The van der Waals surface area contributed by atoms with Crippen LogP contribution < -0.4 is 11.2 Å². The number of nitrogens with zero attached hydrogens (tertiary/aromatic N) is 2. The molecule has 0 aliphatic carbocycles. The Bertz CT molecular complexity index is 592. The zero-order valence-electron chi connectivity index (χ0n) is 8.72. The van der Waals surface area contributed by atoms with Crippen molar-refractivity contribution < 1.29 is 4.39 Å². The van der Waals surface area contributed by atoms with Crippen molar-refractivity contribution in [3.8, 4) is 0 Å². The van der Waals surface area contributed by atoms with E-state index in [1.807, 2.05) is 0 Å². The molecule has 2 rings (SSSR count). The summed E-state index contributed by atoms with van der Waals surface area (Å²) in [4.78, 5) is 4.05. The van der Waals surface area contributed by atoms with E-state index in [4.69, 9.17) is 5.73 Å². The number of rotatable bonds is 2. The van der Waals surface area contributed by atoms with Crippen LogP contribution in [0.1, 0.15) is 5.69 Å². The monoisotopic (exact) mass is 248 g/mol. The topological polar surface area (TPSA) is 63.3 Å². The maximum absolute atomic E-state index is 13.7. The SMILES string of the molecule is NC(=S)NN=Cc1nccc2cccc(F)c12. The summed E-state index contributed by atoms with van der Waals surface area (Å²) in [5, 5.41) is 4.99. The Morgan fingerprint density at radius 3 is 3.06 bits per heavy atom. The first kappa shape index (κ1) is 11.4. The maximum atomic E-state index is 13.7. The average molecular weight is 248 g/mol. The van der Waals surface area contributed by atoms with Crippen LogP contribution in [0.4, 0.5) is 4.39 Å². The van der Waals surface area contributed by atoms with Crippen molar-refractivity contribution in [1.82, 2.24) is 10.4 Å². The summed E-state index contributed by atoms with van der Waals surface area (Å²) in [7, 11) is 0. The Morgan fingerprint density at radius 1 is 1.47 bits per heavy atom. The van der Waals surface area contributed by atoms with Crippen LogP contribution >= 0.6 is 12.2 Å². The second-order valence-electron chi connectivity index (χ2n) is 3.27. The molecule has 0 spiro atoms. The number of hydrogen-bond donors (Lipinski definition) is 2. The van der Waals surface area contributed by atoms with E-state index in [1.165, 1.54) is 12.3 Å². The van der Waals surface area contributed by atoms with Crippen molar-refractivity contribution in [3.63, 3.8) is 0 Å². The number of aromatic nitrogens is 1. The Kier molecular flexibility index (Phi) is 3.24. The molecule has 6 heteroatoms. The molecular weight excluding hydrogens is 239 g/mol. The van der Waals surface area contributed by atoms with Crippen molar-refractivity contribution in [2.75, 3.05) is 0 Å². The first-order valence-electron chi connectivity index (χ1n) is 4.80. The molecule has 3 N–H and O–H groups in total. The van der Waals surface area contributed by atoms with Gasteiger partial charge >= 0.3 is 0 Å².